The summed E-state index contributed by atoms with van der Waals surface area (Å²) in [5.41, 5.74) is 0.836. The average Bonchev–Trinajstić information content (AvgIpc) is 2.90. The minimum absolute atomic E-state index is 0.129. The van der Waals surface area contributed by atoms with E-state index in [1.54, 1.807) is 0 Å². The highest BCUT2D eigenvalue weighted by atomic mass is 16.3. The lowest BCUT2D eigenvalue weighted by molar-refractivity contribution is 0.124. The Hall–Kier alpha value is -0.900. The fourth-order valence-electron chi connectivity index (χ4n) is 2.61. The Morgan fingerprint density at radius 3 is 2.41 bits per heavy atom. The van der Waals surface area contributed by atoms with Gasteiger partial charge in [0.25, 0.3) is 0 Å². The second kappa shape index (κ2) is 5.63. The number of rotatable bonds is 5. The molecule has 1 aliphatic heterocycles. The Balaban J connectivity index is 2.19. The standard InChI is InChI=1S/C14H22N2O/c1-15-14(12-17,11-16-9-5-6-10-16)13-7-3-2-4-8-13/h2-4,7-8,15,17H,5-6,9-12H2,1H3. The summed E-state index contributed by atoms with van der Waals surface area (Å²) in [5.74, 6) is 0. The van der Waals surface area contributed by atoms with E-state index in [4.69, 9.17) is 0 Å². The molecule has 1 aliphatic rings. The van der Waals surface area contributed by atoms with Gasteiger partial charge in [0.05, 0.1) is 12.1 Å². The molecule has 0 amide bonds. The maximum atomic E-state index is 9.80. The molecule has 1 atom stereocenters. The lowest BCUT2D eigenvalue weighted by Crippen LogP contribution is -2.51. The largest absolute Gasteiger partial charge is 0.394 e. The summed E-state index contributed by atoms with van der Waals surface area (Å²) in [6, 6.07) is 10.2. The molecule has 0 radical (unpaired) electrons. The highest BCUT2D eigenvalue weighted by Gasteiger charge is 2.32. The van der Waals surface area contributed by atoms with Crippen molar-refractivity contribution in [2.75, 3.05) is 33.3 Å². The predicted octanol–water partition coefficient (Wildman–Crippen LogP) is 1.19. The van der Waals surface area contributed by atoms with Gasteiger partial charge in [-0.15, -0.1) is 0 Å². The Morgan fingerprint density at radius 1 is 1.24 bits per heavy atom. The smallest absolute Gasteiger partial charge is 0.0795 e. The van der Waals surface area contributed by atoms with Gasteiger partial charge >= 0.3 is 0 Å². The number of nitrogens with zero attached hydrogens (tertiary/aromatic N) is 1. The molecule has 1 heterocycles. The molecule has 0 aromatic heterocycles. The molecule has 0 spiro atoms. The van der Waals surface area contributed by atoms with Crippen molar-refractivity contribution in [1.82, 2.24) is 10.2 Å². The molecular weight excluding hydrogens is 212 g/mol. The van der Waals surface area contributed by atoms with Crippen molar-refractivity contribution in [2.24, 2.45) is 0 Å². The van der Waals surface area contributed by atoms with Gasteiger partial charge in [-0.3, -0.25) is 0 Å². The van der Waals surface area contributed by atoms with Crippen LogP contribution in [0.2, 0.25) is 0 Å². The van der Waals surface area contributed by atoms with Gasteiger partial charge < -0.3 is 15.3 Å². The van der Waals surface area contributed by atoms with Crippen molar-refractivity contribution in [2.45, 2.75) is 18.4 Å². The van der Waals surface area contributed by atoms with Gasteiger partial charge in [0.2, 0.25) is 0 Å². The van der Waals surface area contributed by atoms with Gasteiger partial charge in [0.15, 0.2) is 0 Å². The van der Waals surface area contributed by atoms with Crippen LogP contribution < -0.4 is 5.32 Å². The molecule has 94 valence electrons. The molecule has 2 rings (SSSR count). The topological polar surface area (TPSA) is 35.5 Å². The van der Waals surface area contributed by atoms with Crippen molar-refractivity contribution in [3.63, 3.8) is 0 Å². The molecule has 0 aliphatic carbocycles. The first kappa shape index (κ1) is 12.6. The summed E-state index contributed by atoms with van der Waals surface area (Å²) in [6.07, 6.45) is 2.56. The molecule has 1 saturated heterocycles. The number of benzene rings is 1. The van der Waals surface area contributed by atoms with Crippen molar-refractivity contribution in [3.05, 3.63) is 35.9 Å². The van der Waals surface area contributed by atoms with Crippen LogP contribution in [-0.4, -0.2) is 43.3 Å². The molecule has 0 bridgehead atoms. The van der Waals surface area contributed by atoms with Gasteiger partial charge in [0, 0.05) is 6.54 Å². The number of likely N-dealkylation sites (N-methyl/N-ethyl adjacent to an activating group) is 1. The van der Waals surface area contributed by atoms with Crippen LogP contribution in [0.4, 0.5) is 0 Å². The van der Waals surface area contributed by atoms with E-state index in [2.05, 4.69) is 22.3 Å². The molecule has 2 N–H and O–H groups in total. The Bertz CT molecular complexity index is 329. The first-order valence-corrected chi connectivity index (χ1v) is 6.38. The second-order valence-electron chi connectivity index (χ2n) is 4.84. The van der Waals surface area contributed by atoms with E-state index in [1.165, 1.54) is 12.8 Å². The van der Waals surface area contributed by atoms with Gasteiger partial charge in [-0.05, 0) is 38.5 Å². The third-order valence-corrected chi connectivity index (χ3v) is 3.77. The number of hydrogen-bond donors (Lipinski definition) is 2. The zero-order chi connectivity index (χ0) is 12.1. The van der Waals surface area contributed by atoms with Crippen molar-refractivity contribution in [3.8, 4) is 0 Å². The number of aliphatic hydroxyl groups is 1. The lowest BCUT2D eigenvalue weighted by Gasteiger charge is -2.36. The quantitative estimate of drug-likeness (QED) is 0.803. The van der Waals surface area contributed by atoms with E-state index in [-0.39, 0.29) is 12.1 Å². The van der Waals surface area contributed by atoms with Crippen LogP contribution in [0.25, 0.3) is 0 Å². The van der Waals surface area contributed by atoms with Crippen LogP contribution in [0.1, 0.15) is 18.4 Å². The highest BCUT2D eigenvalue weighted by molar-refractivity contribution is 5.25. The first-order valence-electron chi connectivity index (χ1n) is 6.38. The normalized spacial score (nSPS) is 20.4. The fraction of sp³-hybridized carbons (Fsp3) is 0.571. The monoisotopic (exact) mass is 234 g/mol. The Kier molecular flexibility index (Phi) is 4.15. The van der Waals surface area contributed by atoms with Gasteiger partial charge in [-0.2, -0.15) is 0 Å². The van der Waals surface area contributed by atoms with E-state index in [0.717, 1.165) is 25.2 Å². The molecule has 17 heavy (non-hydrogen) atoms. The van der Waals surface area contributed by atoms with E-state index < -0.39 is 0 Å². The molecule has 3 heteroatoms. The zero-order valence-electron chi connectivity index (χ0n) is 10.5. The number of likely N-dealkylation sites (tertiary alicyclic amines) is 1. The molecule has 1 fully saturated rings. The SMILES string of the molecule is CNC(CO)(CN1CCCC1)c1ccccc1. The molecule has 0 saturated carbocycles. The maximum Gasteiger partial charge on any atom is 0.0795 e. The zero-order valence-corrected chi connectivity index (χ0v) is 10.5. The van der Waals surface area contributed by atoms with Crippen LogP contribution in [0.3, 0.4) is 0 Å². The summed E-state index contributed by atoms with van der Waals surface area (Å²) in [5, 5.41) is 13.1. The molecule has 3 nitrogen and oxygen atoms in total. The van der Waals surface area contributed by atoms with E-state index in [9.17, 15) is 5.11 Å². The number of hydrogen-bond acceptors (Lipinski definition) is 3. The summed E-state index contributed by atoms with van der Waals surface area (Å²) in [4.78, 5) is 2.43. The van der Waals surface area contributed by atoms with Crippen LogP contribution in [-0.2, 0) is 5.54 Å². The van der Waals surface area contributed by atoms with Crippen LogP contribution in [0, 0.1) is 0 Å². The Labute approximate surface area is 103 Å². The van der Waals surface area contributed by atoms with E-state index in [1.807, 2.05) is 25.2 Å². The summed E-state index contributed by atoms with van der Waals surface area (Å²) >= 11 is 0. The first-order chi connectivity index (χ1) is 8.30. The number of nitrogens with one attached hydrogen (secondary N) is 1. The van der Waals surface area contributed by atoms with Crippen LogP contribution in [0.15, 0.2) is 30.3 Å². The highest BCUT2D eigenvalue weighted by Crippen LogP contribution is 2.23. The number of aliphatic hydroxyl groups excluding tert-OH is 1. The third-order valence-electron chi connectivity index (χ3n) is 3.77. The van der Waals surface area contributed by atoms with Crippen molar-refractivity contribution >= 4 is 0 Å². The molecule has 1 aromatic carbocycles. The van der Waals surface area contributed by atoms with E-state index in [0.29, 0.717) is 0 Å². The van der Waals surface area contributed by atoms with Crippen LogP contribution in [0.5, 0.6) is 0 Å². The van der Waals surface area contributed by atoms with Gasteiger partial charge in [-0.1, -0.05) is 30.3 Å². The molecular formula is C14H22N2O. The molecule has 1 aromatic rings. The lowest BCUT2D eigenvalue weighted by atomic mass is 9.90. The summed E-state index contributed by atoms with van der Waals surface area (Å²) in [6.45, 7) is 3.31. The van der Waals surface area contributed by atoms with Crippen molar-refractivity contribution in [1.29, 1.82) is 0 Å². The minimum atomic E-state index is -0.328. The maximum absolute atomic E-state index is 9.80. The minimum Gasteiger partial charge on any atom is -0.394 e. The van der Waals surface area contributed by atoms with Gasteiger partial charge in [-0.25, -0.2) is 0 Å². The Morgan fingerprint density at radius 2 is 1.88 bits per heavy atom. The second-order valence-corrected chi connectivity index (χ2v) is 4.84. The van der Waals surface area contributed by atoms with Crippen molar-refractivity contribution < 1.29 is 5.11 Å². The molecule has 1 unspecified atom stereocenters. The summed E-state index contributed by atoms with van der Waals surface area (Å²) < 4.78 is 0. The average molecular weight is 234 g/mol. The van der Waals surface area contributed by atoms with Crippen LogP contribution >= 0.6 is 0 Å². The third kappa shape index (κ3) is 2.68. The predicted molar refractivity (Wildman–Crippen MR) is 69.9 cm³/mol. The van der Waals surface area contributed by atoms with E-state index >= 15 is 0 Å². The summed E-state index contributed by atoms with van der Waals surface area (Å²) in [7, 11) is 1.93. The van der Waals surface area contributed by atoms with Gasteiger partial charge in [0.1, 0.15) is 0 Å². The fourth-order valence-corrected chi connectivity index (χ4v) is 2.61.